The Hall–Kier alpha value is -2.43. The van der Waals surface area contributed by atoms with Crippen LogP contribution >= 0.6 is 0 Å². The monoisotopic (exact) mass is 364 g/mol. The van der Waals surface area contributed by atoms with E-state index in [-0.39, 0.29) is 54.4 Å². The number of nitrogens with one attached hydrogen (secondary N) is 1. The summed E-state index contributed by atoms with van der Waals surface area (Å²) in [6.07, 6.45) is 5.64. The number of hydrogen-bond acceptors (Lipinski definition) is 3. The number of allylic oxidation sites excluding steroid dienone is 2. The van der Waals surface area contributed by atoms with Crippen LogP contribution in [0, 0.1) is 49.4 Å². The number of amides is 3. The highest BCUT2D eigenvalue weighted by Crippen LogP contribution is 2.65. The van der Waals surface area contributed by atoms with Crippen molar-refractivity contribution >= 4 is 23.4 Å². The van der Waals surface area contributed by atoms with Gasteiger partial charge in [-0.3, -0.25) is 19.3 Å². The van der Waals surface area contributed by atoms with E-state index in [1.54, 1.807) is 0 Å². The van der Waals surface area contributed by atoms with Gasteiger partial charge < -0.3 is 5.32 Å². The predicted molar refractivity (Wildman–Crippen MR) is 101 cm³/mol. The minimum absolute atomic E-state index is 0.0609. The van der Waals surface area contributed by atoms with Gasteiger partial charge in [0.15, 0.2) is 0 Å². The van der Waals surface area contributed by atoms with Gasteiger partial charge in [0, 0.05) is 18.7 Å². The fraction of sp³-hybridized carbons (Fsp3) is 0.500. The third-order valence-electron chi connectivity index (χ3n) is 6.98. The Balaban J connectivity index is 1.26. The quantitative estimate of drug-likeness (QED) is 0.660. The van der Waals surface area contributed by atoms with Crippen LogP contribution in [0.1, 0.15) is 24.0 Å². The number of hydrogen-bond donors (Lipinski definition) is 1. The van der Waals surface area contributed by atoms with Crippen molar-refractivity contribution in [2.24, 2.45) is 35.5 Å². The van der Waals surface area contributed by atoms with Crippen molar-refractivity contribution in [1.29, 1.82) is 0 Å². The molecule has 3 amide bonds. The summed E-state index contributed by atoms with van der Waals surface area (Å²) in [6, 6.07) is 5.90. The van der Waals surface area contributed by atoms with Gasteiger partial charge >= 0.3 is 0 Å². The number of rotatable bonds is 4. The summed E-state index contributed by atoms with van der Waals surface area (Å²) in [6.45, 7) is 4.10. The first-order chi connectivity index (χ1) is 13.0. The second-order valence-electron chi connectivity index (χ2n) is 8.60. The summed E-state index contributed by atoms with van der Waals surface area (Å²) in [5, 5.41) is 2.91. The lowest BCUT2D eigenvalue weighted by Gasteiger charge is -2.37. The molecule has 4 aliphatic carbocycles. The van der Waals surface area contributed by atoms with Crippen LogP contribution in [0.5, 0.6) is 0 Å². The van der Waals surface area contributed by atoms with Gasteiger partial charge in [-0.2, -0.15) is 0 Å². The molecule has 0 radical (unpaired) electrons. The Labute approximate surface area is 158 Å². The van der Waals surface area contributed by atoms with E-state index in [0.29, 0.717) is 11.8 Å². The fourth-order valence-corrected chi connectivity index (χ4v) is 5.54. The molecule has 0 spiro atoms. The van der Waals surface area contributed by atoms with Crippen molar-refractivity contribution in [1.82, 2.24) is 4.90 Å². The summed E-state index contributed by atoms with van der Waals surface area (Å²) in [5.41, 5.74) is 2.86. The first-order valence-electron chi connectivity index (χ1n) is 9.86. The molecule has 2 saturated carbocycles. The standard InChI is InChI=1S/C22H24N2O3/c1-11-3-4-12(2)17(9-11)23-18(25)7-8-24-21(26)19-13-5-6-14(16-10-15(13)16)20(19)22(24)27/h3-6,9,13-16,19-20H,7-8,10H2,1-2H3,(H,23,25)/t13-,14+,15-,16-,19+,20-/m1/s1. The normalized spacial score (nSPS) is 35.3. The van der Waals surface area contributed by atoms with Crippen LogP contribution in [0.4, 0.5) is 5.69 Å². The maximum absolute atomic E-state index is 12.9. The number of nitrogens with zero attached hydrogens (tertiary/aromatic N) is 1. The molecule has 0 aromatic heterocycles. The molecule has 5 aliphatic rings. The first-order valence-corrected chi connectivity index (χ1v) is 9.86. The zero-order valence-electron chi connectivity index (χ0n) is 15.6. The van der Waals surface area contributed by atoms with E-state index in [2.05, 4.69) is 17.5 Å². The molecule has 1 saturated heterocycles. The molecule has 5 nitrogen and oxygen atoms in total. The first kappa shape index (κ1) is 16.7. The topological polar surface area (TPSA) is 66.5 Å². The van der Waals surface area contributed by atoms with E-state index < -0.39 is 0 Å². The highest BCUT2D eigenvalue weighted by molar-refractivity contribution is 6.06. The summed E-state index contributed by atoms with van der Waals surface area (Å²) in [4.78, 5) is 39.6. The molecular weight excluding hydrogens is 340 g/mol. The predicted octanol–water partition coefficient (Wildman–Crippen LogP) is 2.69. The molecular formula is C22H24N2O3. The number of carbonyl (C=O) groups is 3. The van der Waals surface area contributed by atoms with Gasteiger partial charge in [-0.05, 0) is 61.1 Å². The lowest BCUT2D eigenvalue weighted by molar-refractivity contribution is -0.140. The van der Waals surface area contributed by atoms with Crippen molar-refractivity contribution in [3.63, 3.8) is 0 Å². The minimum Gasteiger partial charge on any atom is -0.326 e. The lowest BCUT2D eigenvalue weighted by atomic mass is 9.63. The molecule has 27 heavy (non-hydrogen) atoms. The molecule has 0 unspecified atom stereocenters. The van der Waals surface area contributed by atoms with Crippen molar-refractivity contribution in [2.45, 2.75) is 26.7 Å². The van der Waals surface area contributed by atoms with Gasteiger partial charge in [-0.15, -0.1) is 0 Å². The molecule has 1 heterocycles. The van der Waals surface area contributed by atoms with Crippen molar-refractivity contribution < 1.29 is 14.4 Å². The van der Waals surface area contributed by atoms with Gasteiger partial charge in [0.25, 0.3) is 0 Å². The van der Waals surface area contributed by atoms with Crippen LogP contribution in [0.15, 0.2) is 30.4 Å². The molecule has 5 heteroatoms. The molecule has 6 atom stereocenters. The Kier molecular flexibility index (Phi) is 3.58. The van der Waals surface area contributed by atoms with Gasteiger partial charge in [0.05, 0.1) is 11.8 Å². The molecule has 3 fully saturated rings. The molecule has 1 aromatic rings. The smallest absolute Gasteiger partial charge is 0.233 e. The number of imide groups is 1. The Bertz CT molecular complexity index is 854. The highest BCUT2D eigenvalue weighted by atomic mass is 16.2. The van der Waals surface area contributed by atoms with Crippen LogP contribution in [-0.4, -0.2) is 29.2 Å². The lowest BCUT2D eigenvalue weighted by Crippen LogP contribution is -2.40. The second kappa shape index (κ2) is 5.78. The molecule has 1 aliphatic heterocycles. The fourth-order valence-electron chi connectivity index (χ4n) is 5.54. The average molecular weight is 364 g/mol. The zero-order valence-corrected chi connectivity index (χ0v) is 15.6. The third kappa shape index (κ3) is 2.47. The maximum Gasteiger partial charge on any atom is 0.233 e. The average Bonchev–Trinajstić information content (AvgIpc) is 3.42. The van der Waals surface area contributed by atoms with E-state index in [9.17, 15) is 14.4 Å². The number of carbonyl (C=O) groups excluding carboxylic acids is 3. The largest absolute Gasteiger partial charge is 0.326 e. The highest BCUT2D eigenvalue weighted by Gasteiger charge is 2.66. The minimum atomic E-state index is -0.182. The number of anilines is 1. The van der Waals surface area contributed by atoms with E-state index in [0.717, 1.165) is 23.2 Å². The Morgan fingerprint density at radius 1 is 1.07 bits per heavy atom. The molecule has 6 rings (SSSR count). The van der Waals surface area contributed by atoms with Crippen molar-refractivity contribution in [3.8, 4) is 0 Å². The van der Waals surface area contributed by atoms with E-state index in [1.807, 2.05) is 32.0 Å². The maximum atomic E-state index is 12.9. The number of aryl methyl sites for hydroxylation is 2. The van der Waals surface area contributed by atoms with E-state index >= 15 is 0 Å². The van der Waals surface area contributed by atoms with Gasteiger partial charge in [0.2, 0.25) is 17.7 Å². The van der Waals surface area contributed by atoms with Crippen molar-refractivity contribution in [3.05, 3.63) is 41.5 Å². The van der Waals surface area contributed by atoms with Gasteiger partial charge in [-0.1, -0.05) is 24.3 Å². The van der Waals surface area contributed by atoms with Crippen LogP contribution in [0.2, 0.25) is 0 Å². The zero-order chi connectivity index (χ0) is 18.9. The van der Waals surface area contributed by atoms with Crippen LogP contribution in [0.25, 0.3) is 0 Å². The SMILES string of the molecule is Cc1ccc(C)c(NC(=O)CCN2C(=O)[C@@H]3[C@H]4C=C[C@H]([C@H]5C[C@H]45)[C@@H]3C2=O)c1. The van der Waals surface area contributed by atoms with E-state index in [1.165, 1.54) is 4.90 Å². The number of likely N-dealkylation sites (tertiary alicyclic amines) is 1. The van der Waals surface area contributed by atoms with Gasteiger partial charge in [0.1, 0.15) is 0 Å². The second-order valence-corrected chi connectivity index (χ2v) is 8.60. The van der Waals surface area contributed by atoms with Crippen LogP contribution in [0.3, 0.4) is 0 Å². The van der Waals surface area contributed by atoms with Crippen molar-refractivity contribution in [2.75, 3.05) is 11.9 Å². The van der Waals surface area contributed by atoms with Crippen LogP contribution in [-0.2, 0) is 14.4 Å². The number of benzene rings is 1. The molecule has 1 aromatic carbocycles. The third-order valence-corrected chi connectivity index (χ3v) is 6.98. The molecule has 1 N–H and O–H groups in total. The molecule has 2 bridgehead atoms. The summed E-state index contributed by atoms with van der Waals surface area (Å²) in [7, 11) is 0. The summed E-state index contributed by atoms with van der Waals surface area (Å²) >= 11 is 0. The summed E-state index contributed by atoms with van der Waals surface area (Å²) in [5.74, 6) is 1.02. The summed E-state index contributed by atoms with van der Waals surface area (Å²) < 4.78 is 0. The van der Waals surface area contributed by atoms with Gasteiger partial charge in [-0.25, -0.2) is 0 Å². The molecule has 140 valence electrons. The Morgan fingerprint density at radius 3 is 2.33 bits per heavy atom. The van der Waals surface area contributed by atoms with Crippen LogP contribution < -0.4 is 5.32 Å². The van der Waals surface area contributed by atoms with E-state index in [4.69, 9.17) is 0 Å². The Morgan fingerprint density at radius 2 is 1.70 bits per heavy atom.